The quantitative estimate of drug-likeness (QED) is 0.643. The van der Waals surface area contributed by atoms with Crippen molar-refractivity contribution in [1.29, 1.82) is 0 Å². The van der Waals surface area contributed by atoms with Gasteiger partial charge in [0.15, 0.2) is 5.82 Å². The summed E-state index contributed by atoms with van der Waals surface area (Å²) in [5.74, 6) is 0.768. The number of ether oxygens (including phenoxy) is 1. The molecule has 3 aromatic rings. The summed E-state index contributed by atoms with van der Waals surface area (Å²) in [6.07, 6.45) is 4.32. The maximum absolute atomic E-state index is 12.1. The number of phenolic OH excluding ortho intramolecular Hbond substituents is 1. The van der Waals surface area contributed by atoms with E-state index in [9.17, 15) is 9.90 Å². The number of para-hydroxylation sites is 1. The van der Waals surface area contributed by atoms with E-state index in [2.05, 4.69) is 16.9 Å². The van der Waals surface area contributed by atoms with Crippen LogP contribution < -0.4 is 0 Å². The molecule has 3 rings (SSSR count). The Morgan fingerprint density at radius 3 is 2.33 bits per heavy atom. The first kappa shape index (κ1) is 18.6. The first-order chi connectivity index (χ1) is 13.1. The van der Waals surface area contributed by atoms with Crippen LogP contribution in [0.3, 0.4) is 0 Å². The van der Waals surface area contributed by atoms with Crippen LogP contribution in [0.5, 0.6) is 5.75 Å². The van der Waals surface area contributed by atoms with Gasteiger partial charge >= 0.3 is 5.97 Å². The van der Waals surface area contributed by atoms with Gasteiger partial charge in [-0.3, -0.25) is 0 Å². The molecule has 1 unspecified atom stereocenters. The van der Waals surface area contributed by atoms with Crippen molar-refractivity contribution in [3.8, 4) is 28.3 Å². The molecule has 1 atom stereocenters. The number of carbonyl (C=O) groups is 1. The number of nitrogens with zero attached hydrogens (tertiary/aromatic N) is 2. The van der Waals surface area contributed by atoms with Crippen LogP contribution >= 0.6 is 0 Å². The highest BCUT2D eigenvalue weighted by Crippen LogP contribution is 2.28. The maximum Gasteiger partial charge on any atom is 0.338 e. The molecule has 0 amide bonds. The fraction of sp³-hybridized carbons (Fsp3) is 0.227. The molecule has 1 heterocycles. The summed E-state index contributed by atoms with van der Waals surface area (Å²) >= 11 is 0. The summed E-state index contributed by atoms with van der Waals surface area (Å²) in [4.78, 5) is 20.8. The van der Waals surface area contributed by atoms with Gasteiger partial charge in [0.05, 0.1) is 12.2 Å². The van der Waals surface area contributed by atoms with Gasteiger partial charge in [-0.25, -0.2) is 14.8 Å². The smallest absolute Gasteiger partial charge is 0.338 e. The Kier molecular flexibility index (Phi) is 5.81. The molecule has 0 aliphatic carbocycles. The van der Waals surface area contributed by atoms with Crippen LogP contribution in [0.4, 0.5) is 0 Å². The molecule has 1 N–H and O–H groups in total. The van der Waals surface area contributed by atoms with Crippen LogP contribution in [0.2, 0.25) is 0 Å². The Morgan fingerprint density at radius 1 is 1.04 bits per heavy atom. The highest BCUT2D eigenvalue weighted by atomic mass is 16.5. The second kappa shape index (κ2) is 8.45. The second-order valence-electron chi connectivity index (χ2n) is 6.50. The first-order valence-electron chi connectivity index (χ1n) is 8.96. The van der Waals surface area contributed by atoms with Gasteiger partial charge < -0.3 is 9.84 Å². The third-order valence-electron chi connectivity index (χ3n) is 4.44. The zero-order valence-electron chi connectivity index (χ0n) is 15.4. The van der Waals surface area contributed by atoms with Gasteiger partial charge in [-0.2, -0.15) is 0 Å². The van der Waals surface area contributed by atoms with Gasteiger partial charge in [-0.1, -0.05) is 50.6 Å². The first-order valence-corrected chi connectivity index (χ1v) is 8.96. The Morgan fingerprint density at radius 2 is 1.70 bits per heavy atom. The molecule has 0 bridgehead atoms. The number of rotatable bonds is 6. The van der Waals surface area contributed by atoms with E-state index in [1.807, 2.05) is 19.1 Å². The zero-order valence-corrected chi connectivity index (χ0v) is 15.4. The molecule has 0 radical (unpaired) electrons. The number of hydrogen-bond donors (Lipinski definition) is 1. The molecule has 138 valence electrons. The van der Waals surface area contributed by atoms with Crippen LogP contribution in [-0.2, 0) is 4.74 Å². The topological polar surface area (TPSA) is 72.3 Å². The summed E-state index contributed by atoms with van der Waals surface area (Å²) in [7, 11) is 0. The van der Waals surface area contributed by atoms with E-state index in [4.69, 9.17) is 4.74 Å². The molecular weight excluding hydrogens is 340 g/mol. The Bertz CT molecular complexity index is 906. The highest BCUT2D eigenvalue weighted by Gasteiger charge is 2.11. The van der Waals surface area contributed by atoms with Crippen molar-refractivity contribution in [2.45, 2.75) is 20.3 Å². The molecule has 0 saturated heterocycles. The number of benzene rings is 2. The predicted molar refractivity (Wildman–Crippen MR) is 104 cm³/mol. The normalized spacial score (nSPS) is 11.8. The van der Waals surface area contributed by atoms with Crippen molar-refractivity contribution in [2.75, 3.05) is 6.61 Å². The molecule has 0 spiro atoms. The van der Waals surface area contributed by atoms with Gasteiger partial charge in [0.2, 0.25) is 0 Å². The number of hydrogen-bond acceptors (Lipinski definition) is 5. The Labute approximate surface area is 158 Å². The van der Waals surface area contributed by atoms with Gasteiger partial charge in [-0.15, -0.1) is 0 Å². The van der Waals surface area contributed by atoms with Crippen molar-refractivity contribution in [3.05, 3.63) is 66.5 Å². The maximum atomic E-state index is 12.1. The molecule has 5 nitrogen and oxygen atoms in total. The van der Waals surface area contributed by atoms with E-state index in [0.29, 0.717) is 29.5 Å². The second-order valence-corrected chi connectivity index (χ2v) is 6.50. The van der Waals surface area contributed by atoms with Gasteiger partial charge in [-0.05, 0) is 24.1 Å². The lowest BCUT2D eigenvalue weighted by molar-refractivity contribution is 0.0447. The van der Waals surface area contributed by atoms with E-state index in [1.165, 1.54) is 0 Å². The molecule has 27 heavy (non-hydrogen) atoms. The number of carbonyl (C=O) groups excluding carboxylic acids is 1. The summed E-state index contributed by atoms with van der Waals surface area (Å²) in [6.45, 7) is 4.54. The summed E-state index contributed by atoms with van der Waals surface area (Å²) in [5.41, 5.74) is 2.73. The third-order valence-corrected chi connectivity index (χ3v) is 4.44. The number of esters is 1. The molecule has 0 saturated carbocycles. The van der Waals surface area contributed by atoms with Crippen LogP contribution in [0, 0.1) is 5.92 Å². The molecule has 0 aliphatic rings. The van der Waals surface area contributed by atoms with E-state index in [1.54, 1.807) is 48.8 Å². The van der Waals surface area contributed by atoms with Gasteiger partial charge in [0.1, 0.15) is 5.75 Å². The number of phenols is 1. The Balaban J connectivity index is 1.72. The fourth-order valence-electron chi connectivity index (χ4n) is 2.51. The van der Waals surface area contributed by atoms with Gasteiger partial charge in [0, 0.05) is 29.1 Å². The van der Waals surface area contributed by atoms with Crippen LogP contribution in [0.1, 0.15) is 30.6 Å². The standard InChI is InChI=1S/C22H22N2O3/c1-3-15(2)14-27-22(26)17-10-8-16(9-11-17)21-23-12-18(13-24-21)19-6-4-5-7-20(19)25/h4-13,15,25H,3,14H2,1-2H3. The molecular formula is C22H22N2O3. The van der Waals surface area contributed by atoms with Crippen molar-refractivity contribution in [3.63, 3.8) is 0 Å². The molecule has 2 aromatic carbocycles. The highest BCUT2D eigenvalue weighted by molar-refractivity contribution is 5.89. The van der Waals surface area contributed by atoms with Crippen LogP contribution in [0.15, 0.2) is 60.9 Å². The van der Waals surface area contributed by atoms with Crippen molar-refractivity contribution in [2.24, 2.45) is 5.92 Å². The Hall–Kier alpha value is -3.21. The molecule has 0 aliphatic heterocycles. The number of aromatic nitrogens is 2. The molecule has 1 aromatic heterocycles. The lowest BCUT2D eigenvalue weighted by Gasteiger charge is -2.10. The van der Waals surface area contributed by atoms with E-state index in [0.717, 1.165) is 17.5 Å². The van der Waals surface area contributed by atoms with Crippen molar-refractivity contribution in [1.82, 2.24) is 9.97 Å². The van der Waals surface area contributed by atoms with E-state index >= 15 is 0 Å². The summed E-state index contributed by atoms with van der Waals surface area (Å²) < 4.78 is 5.31. The van der Waals surface area contributed by atoms with Gasteiger partial charge in [0.25, 0.3) is 0 Å². The summed E-state index contributed by atoms with van der Waals surface area (Å²) in [5, 5.41) is 9.93. The van der Waals surface area contributed by atoms with Crippen LogP contribution in [-0.4, -0.2) is 27.7 Å². The lowest BCUT2D eigenvalue weighted by Crippen LogP contribution is -2.11. The summed E-state index contributed by atoms with van der Waals surface area (Å²) in [6, 6.07) is 14.1. The predicted octanol–water partition coefficient (Wildman–Crippen LogP) is 4.72. The van der Waals surface area contributed by atoms with Crippen LogP contribution in [0.25, 0.3) is 22.5 Å². The van der Waals surface area contributed by atoms with E-state index in [-0.39, 0.29) is 11.7 Å². The minimum atomic E-state index is -0.322. The SMILES string of the molecule is CCC(C)COC(=O)c1ccc(-c2ncc(-c3ccccc3O)cn2)cc1. The lowest BCUT2D eigenvalue weighted by atomic mass is 10.1. The monoisotopic (exact) mass is 362 g/mol. The average molecular weight is 362 g/mol. The minimum absolute atomic E-state index is 0.189. The zero-order chi connectivity index (χ0) is 19.2. The minimum Gasteiger partial charge on any atom is -0.507 e. The van der Waals surface area contributed by atoms with Crippen molar-refractivity contribution < 1.29 is 14.6 Å². The third kappa shape index (κ3) is 4.50. The molecule has 0 fully saturated rings. The molecule has 5 heteroatoms. The average Bonchev–Trinajstić information content (AvgIpc) is 2.72. The largest absolute Gasteiger partial charge is 0.507 e. The van der Waals surface area contributed by atoms with E-state index < -0.39 is 0 Å². The number of aromatic hydroxyl groups is 1. The fourth-order valence-corrected chi connectivity index (χ4v) is 2.51. The van der Waals surface area contributed by atoms with Crippen molar-refractivity contribution >= 4 is 5.97 Å².